The molecule has 0 aromatic heterocycles. The SMILES string of the molecule is CSCCCC/C(=N\OS(=O)(=O)O)S[C@@H]1O[C@H](CO)[C@@H](O)[C@H](O)[C@H]1O.[K]. The molecule has 1 fully saturated rings. The average Bonchev–Trinajstić information content (AvgIpc) is 2.55. The zero-order valence-corrected chi connectivity index (χ0v) is 20.0. The first-order chi connectivity index (χ1) is 11.7. The van der Waals surface area contributed by atoms with Gasteiger partial charge in [0.2, 0.25) is 0 Å². The third-order valence-corrected chi connectivity index (χ3v) is 5.46. The topological polar surface area (TPSA) is 166 Å². The molecule has 5 atom stereocenters. The fourth-order valence-corrected chi connectivity index (χ4v) is 3.87. The Bertz CT molecular complexity index is 534. The molecule has 0 aliphatic carbocycles. The van der Waals surface area contributed by atoms with Crippen LogP contribution in [0.3, 0.4) is 0 Å². The Morgan fingerprint density at radius 2 is 1.85 bits per heavy atom. The molecule has 1 heterocycles. The molecular weight excluding hydrogens is 437 g/mol. The summed E-state index contributed by atoms with van der Waals surface area (Å²) in [5.41, 5.74) is -1.11. The van der Waals surface area contributed by atoms with Gasteiger partial charge in [0.05, 0.1) is 6.61 Å². The van der Waals surface area contributed by atoms with Crippen LogP contribution >= 0.6 is 23.5 Å². The number of oxime groups is 1. The Morgan fingerprint density at radius 1 is 1.19 bits per heavy atom. The molecule has 0 spiro atoms. The molecule has 0 saturated carbocycles. The van der Waals surface area contributed by atoms with Gasteiger partial charge in [-0.15, -0.1) is 0 Å². The van der Waals surface area contributed by atoms with Crippen molar-refractivity contribution in [2.75, 3.05) is 18.6 Å². The molecule has 26 heavy (non-hydrogen) atoms. The summed E-state index contributed by atoms with van der Waals surface area (Å²) in [4.78, 5) is 0. The number of rotatable bonds is 9. The number of aliphatic hydroxyl groups excluding tert-OH is 4. The van der Waals surface area contributed by atoms with Crippen molar-refractivity contribution in [3.8, 4) is 0 Å². The minimum atomic E-state index is -4.78. The van der Waals surface area contributed by atoms with Gasteiger partial charge in [0, 0.05) is 51.4 Å². The number of unbranched alkanes of at least 4 members (excludes halogenated alkanes) is 1. The maximum absolute atomic E-state index is 10.7. The van der Waals surface area contributed by atoms with Crippen molar-refractivity contribution in [1.82, 2.24) is 0 Å². The summed E-state index contributed by atoms with van der Waals surface area (Å²) in [6.07, 6.45) is -1.94. The van der Waals surface area contributed by atoms with Gasteiger partial charge < -0.3 is 25.2 Å². The fraction of sp³-hybridized carbons (Fsp3) is 0.917. The average molecular weight is 461 g/mol. The molecule has 14 heteroatoms. The van der Waals surface area contributed by atoms with Crippen molar-refractivity contribution in [3.63, 3.8) is 0 Å². The molecule has 5 N–H and O–H groups in total. The molecule has 1 radical (unpaired) electrons. The molecule has 1 saturated heterocycles. The monoisotopic (exact) mass is 460 g/mol. The van der Waals surface area contributed by atoms with Crippen LogP contribution in [0.5, 0.6) is 0 Å². The van der Waals surface area contributed by atoms with Gasteiger partial charge in [-0.3, -0.25) is 4.55 Å². The summed E-state index contributed by atoms with van der Waals surface area (Å²) in [6.45, 7) is -0.580. The van der Waals surface area contributed by atoms with Gasteiger partial charge in [0.15, 0.2) is 0 Å². The molecule has 149 valence electrons. The van der Waals surface area contributed by atoms with Crippen molar-refractivity contribution in [3.05, 3.63) is 0 Å². The molecule has 0 amide bonds. The van der Waals surface area contributed by atoms with Crippen molar-refractivity contribution in [2.45, 2.75) is 49.1 Å². The van der Waals surface area contributed by atoms with Gasteiger partial charge in [0.25, 0.3) is 0 Å². The first kappa shape index (κ1) is 27.5. The Kier molecular flexibility index (Phi) is 14.5. The Morgan fingerprint density at radius 3 is 2.38 bits per heavy atom. The maximum atomic E-state index is 10.7. The molecule has 0 aromatic rings. The van der Waals surface area contributed by atoms with E-state index >= 15 is 0 Å². The quantitative estimate of drug-likeness (QED) is 0.0700. The molecule has 1 rings (SSSR count). The van der Waals surface area contributed by atoms with Gasteiger partial charge in [-0.05, 0) is 31.3 Å². The summed E-state index contributed by atoms with van der Waals surface area (Å²) in [7, 11) is -4.78. The summed E-state index contributed by atoms with van der Waals surface area (Å²) >= 11 is 2.43. The zero-order chi connectivity index (χ0) is 19.0. The number of nitrogens with zero attached hydrogens (tertiary/aromatic N) is 1. The predicted molar refractivity (Wildman–Crippen MR) is 99.4 cm³/mol. The van der Waals surface area contributed by atoms with E-state index in [0.29, 0.717) is 6.42 Å². The molecule has 0 unspecified atom stereocenters. The smallest absolute Gasteiger partial charge is 0.394 e. The van der Waals surface area contributed by atoms with E-state index in [1.54, 1.807) is 11.8 Å². The van der Waals surface area contributed by atoms with E-state index in [-0.39, 0.29) is 62.8 Å². The summed E-state index contributed by atoms with van der Waals surface area (Å²) in [5.74, 6) is 0.886. The normalized spacial score (nSPS) is 29.9. The van der Waals surface area contributed by atoms with E-state index in [9.17, 15) is 28.8 Å². The van der Waals surface area contributed by atoms with Crippen LogP contribution in [-0.2, 0) is 19.4 Å². The minimum Gasteiger partial charge on any atom is -0.394 e. The van der Waals surface area contributed by atoms with Crippen LogP contribution in [0.25, 0.3) is 0 Å². The third kappa shape index (κ3) is 9.82. The zero-order valence-electron chi connectivity index (χ0n) is 14.5. The first-order valence-electron chi connectivity index (χ1n) is 7.38. The minimum absolute atomic E-state index is 0. The van der Waals surface area contributed by atoms with Crippen molar-refractivity contribution in [2.24, 2.45) is 5.16 Å². The van der Waals surface area contributed by atoms with Gasteiger partial charge in [-0.1, -0.05) is 16.9 Å². The Labute approximate surface area is 203 Å². The van der Waals surface area contributed by atoms with Crippen LogP contribution in [0, 0.1) is 0 Å². The van der Waals surface area contributed by atoms with E-state index in [0.717, 1.165) is 23.9 Å². The van der Waals surface area contributed by atoms with Gasteiger partial charge in [-0.2, -0.15) is 20.2 Å². The van der Waals surface area contributed by atoms with Gasteiger partial charge >= 0.3 is 10.4 Å². The van der Waals surface area contributed by atoms with Crippen LogP contribution in [0.2, 0.25) is 0 Å². The number of ether oxygens (including phenoxy) is 1. The molecule has 10 nitrogen and oxygen atoms in total. The van der Waals surface area contributed by atoms with Crippen LogP contribution in [0.15, 0.2) is 5.16 Å². The Hall–Kier alpha value is 1.52. The van der Waals surface area contributed by atoms with Crippen LogP contribution in [0.1, 0.15) is 19.3 Å². The Balaban J connectivity index is 0.00000625. The van der Waals surface area contributed by atoms with Crippen LogP contribution in [0.4, 0.5) is 0 Å². The van der Waals surface area contributed by atoms with E-state index in [2.05, 4.69) is 9.44 Å². The second-order valence-electron chi connectivity index (χ2n) is 5.25. The summed E-state index contributed by atoms with van der Waals surface area (Å²) < 4.78 is 39.4. The largest absolute Gasteiger partial charge is 0.466 e. The van der Waals surface area contributed by atoms with Gasteiger partial charge in [0.1, 0.15) is 34.9 Å². The summed E-state index contributed by atoms with van der Waals surface area (Å²) in [6, 6.07) is 0. The van der Waals surface area contributed by atoms with E-state index in [4.69, 9.17) is 9.29 Å². The van der Waals surface area contributed by atoms with Crippen LogP contribution in [-0.4, -0.2) is 138 Å². The molecule has 1 aliphatic rings. The van der Waals surface area contributed by atoms with E-state index < -0.39 is 46.9 Å². The van der Waals surface area contributed by atoms with E-state index in [1.165, 1.54) is 0 Å². The molecule has 0 aromatic carbocycles. The second kappa shape index (κ2) is 13.7. The maximum Gasteiger partial charge on any atom is 0.466 e. The standard InChI is InChI=1S/C12H23NO9S3.K/c1-23-5-3-2-4-8(13-22-25(18,19)20)24-12-11(17)10(16)9(15)7(6-14)21-12;/h7,9-12,14-17H,2-6H2,1H3,(H,18,19,20);/b13-8+;/t7-,9-,10+,11-,12+;/m1./s1. The molecule has 0 bridgehead atoms. The van der Waals surface area contributed by atoms with Crippen molar-refractivity contribution >= 4 is 90.4 Å². The van der Waals surface area contributed by atoms with E-state index in [1.807, 2.05) is 6.26 Å². The van der Waals surface area contributed by atoms with Gasteiger partial charge in [-0.25, -0.2) is 4.28 Å². The summed E-state index contributed by atoms with van der Waals surface area (Å²) in [5, 5.41) is 42.2. The number of hydrogen-bond acceptors (Lipinski definition) is 11. The molecular formula is C12H23KNO9S3. The fourth-order valence-electron chi connectivity index (χ4n) is 2.04. The number of aliphatic hydroxyl groups is 4. The van der Waals surface area contributed by atoms with Crippen molar-refractivity contribution < 1.29 is 42.4 Å². The first-order valence-corrected chi connectivity index (χ1v) is 11.0. The molecule has 1 aliphatic heterocycles. The second-order valence-corrected chi connectivity index (χ2v) is 8.41. The number of hydrogen-bond donors (Lipinski definition) is 5. The van der Waals surface area contributed by atoms with Crippen molar-refractivity contribution in [1.29, 1.82) is 0 Å². The predicted octanol–water partition coefficient (Wildman–Crippen LogP) is -1.20. The third-order valence-electron chi connectivity index (χ3n) is 3.32. The van der Waals surface area contributed by atoms with Crippen LogP contribution < -0.4 is 0 Å². The number of thioether (sulfide) groups is 2.